The molecule has 0 spiro atoms. The average Bonchev–Trinajstić information content (AvgIpc) is 2.52. The van der Waals surface area contributed by atoms with Gasteiger partial charge < -0.3 is 14.7 Å². The van der Waals surface area contributed by atoms with Gasteiger partial charge in [0.1, 0.15) is 5.75 Å². The maximum atomic E-state index is 11.3. The first-order valence-electron chi connectivity index (χ1n) is 6.78. The molecule has 0 unspecified atom stereocenters. The zero-order valence-corrected chi connectivity index (χ0v) is 12.2. The number of carbonyl (C=O) groups is 1. The van der Waals surface area contributed by atoms with Gasteiger partial charge in [-0.15, -0.1) is 0 Å². The van der Waals surface area contributed by atoms with E-state index in [4.69, 9.17) is 4.74 Å². The number of likely N-dealkylation sites (N-methyl/N-ethyl adjacent to an activating group) is 1. The number of hydrogen-bond acceptors (Lipinski definition) is 3. The molecule has 0 aliphatic rings. The van der Waals surface area contributed by atoms with E-state index in [1.165, 1.54) is 5.56 Å². The van der Waals surface area contributed by atoms with Crippen molar-refractivity contribution in [2.75, 3.05) is 25.6 Å². The summed E-state index contributed by atoms with van der Waals surface area (Å²) in [7, 11) is 3.47. The first-order chi connectivity index (χ1) is 10.1. The highest BCUT2D eigenvalue weighted by atomic mass is 16.5. The minimum Gasteiger partial charge on any atom is -0.497 e. The van der Waals surface area contributed by atoms with E-state index < -0.39 is 5.97 Å². The van der Waals surface area contributed by atoms with Gasteiger partial charge in [0.05, 0.1) is 18.4 Å². The number of methoxy groups -OCH3 is 1. The fourth-order valence-electron chi connectivity index (χ4n) is 2.20. The van der Waals surface area contributed by atoms with Crippen molar-refractivity contribution < 1.29 is 14.6 Å². The Morgan fingerprint density at radius 3 is 2.52 bits per heavy atom. The fourth-order valence-corrected chi connectivity index (χ4v) is 2.20. The van der Waals surface area contributed by atoms with Crippen molar-refractivity contribution in [3.05, 3.63) is 59.7 Å². The molecule has 0 radical (unpaired) electrons. The molecule has 2 rings (SSSR count). The second-order valence-electron chi connectivity index (χ2n) is 4.85. The van der Waals surface area contributed by atoms with Crippen LogP contribution < -0.4 is 9.64 Å². The summed E-state index contributed by atoms with van der Waals surface area (Å²) in [5.41, 5.74) is 2.17. The summed E-state index contributed by atoms with van der Waals surface area (Å²) < 4.78 is 5.18. The van der Waals surface area contributed by atoms with Gasteiger partial charge in [0.2, 0.25) is 0 Å². The lowest BCUT2D eigenvalue weighted by atomic mass is 10.1. The van der Waals surface area contributed by atoms with Crippen LogP contribution in [0.25, 0.3) is 0 Å². The predicted molar refractivity (Wildman–Crippen MR) is 83.4 cm³/mol. The van der Waals surface area contributed by atoms with E-state index in [9.17, 15) is 9.90 Å². The molecule has 0 fully saturated rings. The average molecular weight is 285 g/mol. The SMILES string of the molecule is COc1ccc(C(=O)O)c(N(C)CCc2ccccc2)c1. The summed E-state index contributed by atoms with van der Waals surface area (Å²) in [5.74, 6) is -0.277. The van der Waals surface area contributed by atoms with Crippen molar-refractivity contribution in [1.82, 2.24) is 0 Å². The van der Waals surface area contributed by atoms with Gasteiger partial charge in [0, 0.05) is 19.7 Å². The van der Waals surface area contributed by atoms with Crippen molar-refractivity contribution in [1.29, 1.82) is 0 Å². The highest BCUT2D eigenvalue weighted by Crippen LogP contribution is 2.25. The lowest BCUT2D eigenvalue weighted by molar-refractivity contribution is 0.0697. The van der Waals surface area contributed by atoms with Crippen LogP contribution in [0.5, 0.6) is 5.75 Å². The molecule has 0 saturated heterocycles. The van der Waals surface area contributed by atoms with Crippen LogP contribution in [0.1, 0.15) is 15.9 Å². The Morgan fingerprint density at radius 2 is 1.90 bits per heavy atom. The lowest BCUT2D eigenvalue weighted by Gasteiger charge is -2.22. The Labute approximate surface area is 124 Å². The predicted octanol–water partition coefficient (Wildman–Crippen LogP) is 3.07. The number of rotatable bonds is 6. The van der Waals surface area contributed by atoms with E-state index >= 15 is 0 Å². The molecule has 0 heterocycles. The van der Waals surface area contributed by atoms with E-state index in [0.717, 1.165) is 13.0 Å². The van der Waals surface area contributed by atoms with E-state index in [1.54, 1.807) is 25.3 Å². The van der Waals surface area contributed by atoms with Gasteiger partial charge in [-0.3, -0.25) is 0 Å². The number of carboxylic acids is 1. The van der Waals surface area contributed by atoms with Crippen LogP contribution in [-0.4, -0.2) is 31.8 Å². The lowest BCUT2D eigenvalue weighted by Crippen LogP contribution is -2.22. The highest BCUT2D eigenvalue weighted by Gasteiger charge is 2.14. The minimum absolute atomic E-state index is 0.284. The molecule has 0 bridgehead atoms. The van der Waals surface area contributed by atoms with Crippen LogP contribution in [0.15, 0.2) is 48.5 Å². The molecule has 4 nitrogen and oxygen atoms in total. The largest absolute Gasteiger partial charge is 0.497 e. The number of nitrogens with zero attached hydrogens (tertiary/aromatic N) is 1. The monoisotopic (exact) mass is 285 g/mol. The van der Waals surface area contributed by atoms with Crippen molar-refractivity contribution in [3.63, 3.8) is 0 Å². The molecule has 110 valence electrons. The fraction of sp³-hybridized carbons (Fsp3) is 0.235. The maximum Gasteiger partial charge on any atom is 0.337 e. The highest BCUT2D eigenvalue weighted by molar-refractivity contribution is 5.94. The molecule has 2 aromatic carbocycles. The number of aromatic carboxylic acids is 1. The topological polar surface area (TPSA) is 49.8 Å². The summed E-state index contributed by atoms with van der Waals surface area (Å²) in [5, 5.41) is 9.30. The third-order valence-corrected chi connectivity index (χ3v) is 3.43. The van der Waals surface area contributed by atoms with Crippen molar-refractivity contribution in [3.8, 4) is 5.75 Å². The molecule has 0 aliphatic heterocycles. The molecule has 0 atom stereocenters. The second-order valence-corrected chi connectivity index (χ2v) is 4.85. The summed E-state index contributed by atoms with van der Waals surface area (Å²) in [6, 6.07) is 15.1. The van der Waals surface area contributed by atoms with E-state index in [-0.39, 0.29) is 5.56 Å². The molecule has 0 amide bonds. The summed E-state index contributed by atoms with van der Waals surface area (Å²) in [6.45, 7) is 0.734. The van der Waals surface area contributed by atoms with Gasteiger partial charge in [-0.2, -0.15) is 0 Å². The minimum atomic E-state index is -0.931. The van der Waals surface area contributed by atoms with Crippen LogP contribution in [0.4, 0.5) is 5.69 Å². The van der Waals surface area contributed by atoms with Crippen LogP contribution in [0, 0.1) is 0 Å². The number of anilines is 1. The molecule has 0 saturated carbocycles. The van der Waals surface area contributed by atoms with Crippen LogP contribution in [0.2, 0.25) is 0 Å². The summed E-state index contributed by atoms with van der Waals surface area (Å²) in [4.78, 5) is 13.3. The van der Waals surface area contributed by atoms with Crippen LogP contribution >= 0.6 is 0 Å². The van der Waals surface area contributed by atoms with Crippen LogP contribution in [0.3, 0.4) is 0 Å². The molecule has 0 aliphatic carbocycles. The van der Waals surface area contributed by atoms with Crippen LogP contribution in [-0.2, 0) is 6.42 Å². The molecule has 0 aromatic heterocycles. The van der Waals surface area contributed by atoms with Gasteiger partial charge in [0.25, 0.3) is 0 Å². The summed E-state index contributed by atoms with van der Waals surface area (Å²) >= 11 is 0. The third-order valence-electron chi connectivity index (χ3n) is 3.43. The van der Waals surface area contributed by atoms with Gasteiger partial charge in [-0.25, -0.2) is 4.79 Å². The Morgan fingerprint density at radius 1 is 1.19 bits per heavy atom. The standard InChI is InChI=1S/C17H19NO3/c1-18(11-10-13-6-4-3-5-7-13)16-12-14(21-2)8-9-15(16)17(19)20/h3-9,12H,10-11H2,1-2H3,(H,19,20). The molecular formula is C17H19NO3. The van der Waals surface area contributed by atoms with E-state index in [0.29, 0.717) is 11.4 Å². The van der Waals surface area contributed by atoms with Crippen molar-refractivity contribution >= 4 is 11.7 Å². The first kappa shape index (κ1) is 14.9. The number of carboxylic acid groups (broad SMARTS) is 1. The van der Waals surface area contributed by atoms with E-state index in [1.807, 2.05) is 30.1 Å². The molecule has 2 aromatic rings. The Balaban J connectivity index is 2.17. The van der Waals surface area contributed by atoms with Gasteiger partial charge in [-0.05, 0) is 24.1 Å². The van der Waals surface area contributed by atoms with Gasteiger partial charge >= 0.3 is 5.97 Å². The molecule has 1 N–H and O–H groups in total. The zero-order chi connectivity index (χ0) is 15.2. The molecule has 4 heteroatoms. The second kappa shape index (κ2) is 6.79. The maximum absolute atomic E-state index is 11.3. The number of ether oxygens (including phenoxy) is 1. The van der Waals surface area contributed by atoms with Gasteiger partial charge in [0.15, 0.2) is 0 Å². The zero-order valence-electron chi connectivity index (χ0n) is 12.2. The molecule has 21 heavy (non-hydrogen) atoms. The quantitative estimate of drug-likeness (QED) is 0.886. The third kappa shape index (κ3) is 3.75. The first-order valence-corrected chi connectivity index (χ1v) is 6.78. The number of benzene rings is 2. The van der Waals surface area contributed by atoms with E-state index in [2.05, 4.69) is 12.1 Å². The Kier molecular flexibility index (Phi) is 4.82. The normalized spacial score (nSPS) is 10.2. The van der Waals surface area contributed by atoms with Gasteiger partial charge in [-0.1, -0.05) is 30.3 Å². The number of hydrogen-bond donors (Lipinski definition) is 1. The Hall–Kier alpha value is -2.49. The van der Waals surface area contributed by atoms with Crippen molar-refractivity contribution in [2.24, 2.45) is 0 Å². The Bertz CT molecular complexity index is 611. The summed E-state index contributed by atoms with van der Waals surface area (Å²) in [6.07, 6.45) is 0.855. The van der Waals surface area contributed by atoms with Crippen molar-refractivity contribution in [2.45, 2.75) is 6.42 Å². The smallest absolute Gasteiger partial charge is 0.337 e. The molecular weight excluding hydrogens is 266 g/mol.